The first-order valence-corrected chi connectivity index (χ1v) is 9.14. The van der Waals surface area contributed by atoms with E-state index in [1.807, 2.05) is 43.1 Å². The second-order valence-electron chi connectivity index (χ2n) is 6.87. The number of methoxy groups -OCH3 is 1. The number of aryl methyl sites for hydroxylation is 1. The quantitative estimate of drug-likeness (QED) is 0.760. The van der Waals surface area contributed by atoms with Crippen LogP contribution < -0.4 is 4.90 Å². The minimum Gasteiger partial charge on any atom is -0.465 e. The Morgan fingerprint density at radius 2 is 1.96 bits per heavy atom. The number of hydrogen-bond donors (Lipinski definition) is 1. The van der Waals surface area contributed by atoms with Gasteiger partial charge in [-0.3, -0.25) is 4.79 Å². The summed E-state index contributed by atoms with van der Waals surface area (Å²) in [6, 6.07) is 7.73. The SMILES string of the molecule is COC(=O)c1c(C[NH+](C)CC(=O)N2CCOCC2)nc2ccccc2c1C. The molecule has 1 aliphatic rings. The predicted molar refractivity (Wildman–Crippen MR) is 101 cm³/mol. The topological polar surface area (TPSA) is 73.2 Å². The molecule has 0 spiro atoms. The van der Waals surface area contributed by atoms with Crippen molar-refractivity contribution in [3.63, 3.8) is 0 Å². The number of likely N-dealkylation sites (N-methyl/N-ethyl adjacent to an activating group) is 1. The lowest BCUT2D eigenvalue weighted by molar-refractivity contribution is -0.886. The molecule has 0 aliphatic carbocycles. The van der Waals surface area contributed by atoms with Gasteiger partial charge in [0.2, 0.25) is 0 Å². The van der Waals surface area contributed by atoms with Gasteiger partial charge in [0.15, 0.2) is 6.54 Å². The fraction of sp³-hybridized carbons (Fsp3) is 0.450. The van der Waals surface area contributed by atoms with Gasteiger partial charge in [-0.05, 0) is 18.6 Å². The van der Waals surface area contributed by atoms with Crippen molar-refractivity contribution in [2.24, 2.45) is 0 Å². The van der Waals surface area contributed by atoms with Crippen LogP contribution in [0, 0.1) is 6.92 Å². The van der Waals surface area contributed by atoms with Gasteiger partial charge in [0.1, 0.15) is 12.2 Å². The molecule has 1 aromatic heterocycles. The molecular weight excluding hydrogens is 346 g/mol. The van der Waals surface area contributed by atoms with E-state index < -0.39 is 5.97 Å². The zero-order valence-corrected chi connectivity index (χ0v) is 16.1. The van der Waals surface area contributed by atoms with Gasteiger partial charge in [-0.2, -0.15) is 0 Å². The molecule has 1 unspecified atom stereocenters. The number of esters is 1. The third-order valence-corrected chi connectivity index (χ3v) is 4.90. The number of rotatable bonds is 5. The van der Waals surface area contributed by atoms with Crippen LogP contribution >= 0.6 is 0 Å². The Morgan fingerprint density at radius 1 is 1.26 bits per heavy atom. The molecule has 27 heavy (non-hydrogen) atoms. The number of hydrogen-bond acceptors (Lipinski definition) is 5. The average molecular weight is 372 g/mol. The Labute approximate surface area is 158 Å². The van der Waals surface area contributed by atoms with E-state index in [0.717, 1.165) is 21.4 Å². The smallest absolute Gasteiger partial charge is 0.340 e. The van der Waals surface area contributed by atoms with Crippen molar-refractivity contribution >= 4 is 22.8 Å². The summed E-state index contributed by atoms with van der Waals surface area (Å²) in [6.45, 7) is 5.15. The van der Waals surface area contributed by atoms with Gasteiger partial charge in [0, 0.05) is 18.5 Å². The Balaban J connectivity index is 1.84. The van der Waals surface area contributed by atoms with Gasteiger partial charge >= 0.3 is 5.97 Å². The second kappa shape index (κ2) is 8.45. The molecule has 1 saturated heterocycles. The van der Waals surface area contributed by atoms with Gasteiger partial charge in [-0.1, -0.05) is 18.2 Å². The summed E-state index contributed by atoms with van der Waals surface area (Å²) >= 11 is 0. The van der Waals surface area contributed by atoms with Crippen molar-refractivity contribution in [1.82, 2.24) is 9.88 Å². The number of nitrogens with zero attached hydrogens (tertiary/aromatic N) is 2. The molecule has 2 aromatic rings. The molecule has 1 atom stereocenters. The maximum Gasteiger partial charge on any atom is 0.340 e. The van der Waals surface area contributed by atoms with Gasteiger partial charge in [0.05, 0.1) is 38.5 Å². The molecule has 1 amide bonds. The van der Waals surface area contributed by atoms with Crippen LogP contribution in [0.25, 0.3) is 10.9 Å². The lowest BCUT2D eigenvalue weighted by atomic mass is 10.0. The fourth-order valence-corrected chi connectivity index (χ4v) is 3.47. The summed E-state index contributed by atoms with van der Waals surface area (Å²) < 4.78 is 10.3. The Kier molecular flexibility index (Phi) is 6.03. The predicted octanol–water partition coefficient (Wildman–Crippen LogP) is 0.203. The number of carbonyl (C=O) groups excluding carboxylic acids is 2. The Morgan fingerprint density at radius 3 is 2.67 bits per heavy atom. The number of benzene rings is 1. The largest absolute Gasteiger partial charge is 0.465 e. The molecule has 0 radical (unpaired) electrons. The molecule has 1 N–H and O–H groups in total. The first-order valence-electron chi connectivity index (χ1n) is 9.14. The highest BCUT2D eigenvalue weighted by Gasteiger charge is 2.24. The Bertz CT molecular complexity index is 846. The zero-order valence-electron chi connectivity index (χ0n) is 16.1. The van der Waals surface area contributed by atoms with E-state index in [9.17, 15) is 9.59 Å². The number of nitrogens with one attached hydrogen (secondary N) is 1. The van der Waals surface area contributed by atoms with Crippen LogP contribution in [0.1, 0.15) is 21.6 Å². The molecule has 7 nitrogen and oxygen atoms in total. The average Bonchev–Trinajstić information content (AvgIpc) is 2.68. The van der Waals surface area contributed by atoms with Gasteiger partial charge < -0.3 is 19.3 Å². The van der Waals surface area contributed by atoms with Crippen molar-refractivity contribution in [3.8, 4) is 0 Å². The molecule has 144 valence electrons. The normalized spacial score (nSPS) is 15.6. The number of morpholine rings is 1. The zero-order chi connectivity index (χ0) is 19.4. The van der Waals surface area contributed by atoms with Crippen molar-refractivity contribution in [1.29, 1.82) is 0 Å². The van der Waals surface area contributed by atoms with E-state index in [0.29, 0.717) is 50.7 Å². The summed E-state index contributed by atoms with van der Waals surface area (Å²) in [6.07, 6.45) is 0. The van der Waals surface area contributed by atoms with Crippen LogP contribution in [0.4, 0.5) is 0 Å². The molecule has 2 heterocycles. The van der Waals surface area contributed by atoms with Gasteiger partial charge in [-0.15, -0.1) is 0 Å². The molecular formula is C20H26N3O4+. The highest BCUT2D eigenvalue weighted by molar-refractivity contribution is 5.98. The maximum absolute atomic E-state index is 12.5. The molecule has 1 aliphatic heterocycles. The van der Waals surface area contributed by atoms with E-state index in [2.05, 4.69) is 0 Å². The lowest BCUT2D eigenvalue weighted by Crippen LogP contribution is -3.09. The minimum atomic E-state index is -0.395. The monoisotopic (exact) mass is 372 g/mol. The van der Waals surface area contributed by atoms with E-state index >= 15 is 0 Å². The van der Waals surface area contributed by atoms with Crippen LogP contribution in [0.2, 0.25) is 0 Å². The fourth-order valence-electron chi connectivity index (χ4n) is 3.47. The first-order chi connectivity index (χ1) is 13.0. The minimum absolute atomic E-state index is 0.0907. The summed E-state index contributed by atoms with van der Waals surface area (Å²) in [7, 11) is 3.31. The number of carbonyl (C=O) groups is 2. The number of ether oxygens (including phenoxy) is 2. The summed E-state index contributed by atoms with van der Waals surface area (Å²) in [5, 5.41) is 0.934. The third kappa shape index (κ3) is 4.26. The number of pyridine rings is 1. The standard InChI is InChI=1S/C20H25N3O4/c1-14-15-6-4-5-7-16(15)21-17(19(14)20(25)26-3)12-22(2)13-18(24)23-8-10-27-11-9-23/h4-7H,8-13H2,1-3H3/p+1. The third-order valence-electron chi connectivity index (χ3n) is 4.90. The van der Waals surface area contributed by atoms with Crippen molar-refractivity contribution in [2.75, 3.05) is 47.0 Å². The van der Waals surface area contributed by atoms with Crippen LogP contribution in [0.5, 0.6) is 0 Å². The number of quaternary nitrogens is 1. The van der Waals surface area contributed by atoms with E-state index in [1.165, 1.54) is 7.11 Å². The van der Waals surface area contributed by atoms with Gasteiger partial charge in [0.25, 0.3) is 5.91 Å². The summed E-state index contributed by atoms with van der Waals surface area (Å²) in [5.74, 6) is -0.305. The van der Waals surface area contributed by atoms with Crippen LogP contribution in [-0.2, 0) is 20.8 Å². The van der Waals surface area contributed by atoms with E-state index in [-0.39, 0.29) is 5.91 Å². The highest BCUT2D eigenvalue weighted by atomic mass is 16.5. The second-order valence-corrected chi connectivity index (χ2v) is 6.87. The van der Waals surface area contributed by atoms with Crippen LogP contribution in [0.3, 0.4) is 0 Å². The molecule has 3 rings (SSSR count). The van der Waals surface area contributed by atoms with Crippen molar-refractivity contribution in [3.05, 3.63) is 41.1 Å². The number of aromatic nitrogens is 1. The molecule has 0 saturated carbocycles. The van der Waals surface area contributed by atoms with Crippen molar-refractivity contribution in [2.45, 2.75) is 13.5 Å². The molecule has 1 aromatic carbocycles. The first kappa shape index (κ1) is 19.3. The summed E-state index contributed by atoms with van der Waals surface area (Å²) in [4.78, 5) is 32.4. The molecule has 0 bridgehead atoms. The highest BCUT2D eigenvalue weighted by Crippen LogP contribution is 2.23. The van der Waals surface area contributed by atoms with Crippen molar-refractivity contribution < 1.29 is 24.0 Å². The van der Waals surface area contributed by atoms with Gasteiger partial charge in [-0.25, -0.2) is 9.78 Å². The lowest BCUT2D eigenvalue weighted by Gasteiger charge is -2.27. The summed E-state index contributed by atoms with van der Waals surface area (Å²) in [5.41, 5.74) is 2.85. The van der Waals surface area contributed by atoms with Crippen LogP contribution in [-0.4, -0.2) is 68.8 Å². The number of para-hydroxylation sites is 1. The molecule has 1 fully saturated rings. The van der Waals surface area contributed by atoms with E-state index in [1.54, 1.807) is 0 Å². The molecule has 7 heteroatoms. The number of amides is 1. The maximum atomic E-state index is 12.5. The van der Waals surface area contributed by atoms with Crippen LogP contribution in [0.15, 0.2) is 24.3 Å². The Hall–Kier alpha value is -2.51. The number of fused-ring (bicyclic) bond motifs is 1. The van der Waals surface area contributed by atoms with E-state index in [4.69, 9.17) is 14.5 Å².